The van der Waals surface area contributed by atoms with Gasteiger partial charge < -0.3 is 20.1 Å². The van der Waals surface area contributed by atoms with Gasteiger partial charge in [0.2, 0.25) is 0 Å². The molecule has 0 bridgehead atoms. The Morgan fingerprint density at radius 3 is 1.27 bits per heavy atom. The van der Waals surface area contributed by atoms with Gasteiger partial charge in [-0.15, -0.1) is 0 Å². The number of rotatable bonds is 7. The van der Waals surface area contributed by atoms with Crippen molar-refractivity contribution in [2.75, 3.05) is 0 Å². The summed E-state index contributed by atoms with van der Waals surface area (Å²) in [5.41, 5.74) is 2.90. The highest BCUT2D eigenvalue weighted by Gasteiger charge is 2.37. The van der Waals surface area contributed by atoms with Gasteiger partial charge in [-0.3, -0.25) is 0 Å². The van der Waals surface area contributed by atoms with E-state index >= 15 is 0 Å². The summed E-state index contributed by atoms with van der Waals surface area (Å²) in [4.78, 5) is 25.9. The molecule has 2 aromatic carbocycles. The molecule has 4 rings (SSSR count). The van der Waals surface area contributed by atoms with Crippen molar-refractivity contribution >= 4 is 11.9 Å². The second-order valence-electron chi connectivity index (χ2n) is 13.8. The molecule has 0 amide bonds. The largest absolute Gasteiger partial charge is 0.459 e. The molecule has 40 heavy (non-hydrogen) atoms. The predicted octanol–water partition coefficient (Wildman–Crippen LogP) is 6.78. The molecule has 0 aromatic heterocycles. The number of carbonyl (C=O) groups is 2. The maximum atomic E-state index is 12.9. The molecular formula is C34H48N2O4. The van der Waals surface area contributed by atoms with E-state index in [4.69, 9.17) is 9.47 Å². The first kappa shape index (κ1) is 30.3. The summed E-state index contributed by atoms with van der Waals surface area (Å²) in [6, 6.07) is 15.6. The molecule has 2 saturated heterocycles. The summed E-state index contributed by atoms with van der Waals surface area (Å²) in [7, 11) is 0. The molecule has 0 spiro atoms. The molecule has 218 valence electrons. The van der Waals surface area contributed by atoms with E-state index in [1.165, 1.54) is 0 Å². The Labute approximate surface area is 240 Å². The van der Waals surface area contributed by atoms with Gasteiger partial charge in [0.25, 0.3) is 0 Å². The molecule has 4 unspecified atom stereocenters. The van der Waals surface area contributed by atoms with E-state index in [0.29, 0.717) is 35.0 Å². The number of benzene rings is 2. The van der Waals surface area contributed by atoms with Crippen LogP contribution in [0.2, 0.25) is 0 Å². The molecule has 0 radical (unpaired) electrons. The maximum absolute atomic E-state index is 12.9. The zero-order chi connectivity index (χ0) is 29.2. The van der Waals surface area contributed by atoms with Gasteiger partial charge in [-0.25, -0.2) is 9.59 Å². The van der Waals surface area contributed by atoms with Gasteiger partial charge in [0.15, 0.2) is 0 Å². The molecule has 2 N–H and O–H groups in total. The van der Waals surface area contributed by atoms with Gasteiger partial charge >= 0.3 is 11.9 Å². The van der Waals surface area contributed by atoms with Gasteiger partial charge in [-0.1, -0.05) is 52.0 Å². The Balaban J connectivity index is 1.36. The summed E-state index contributed by atoms with van der Waals surface area (Å²) in [6.45, 7) is 17.5. The third-order valence-corrected chi connectivity index (χ3v) is 8.39. The normalized spacial score (nSPS) is 25.9. The van der Waals surface area contributed by atoms with Crippen LogP contribution in [-0.2, 0) is 9.47 Å². The van der Waals surface area contributed by atoms with Crippen LogP contribution in [-0.4, -0.2) is 47.3 Å². The lowest BCUT2D eigenvalue weighted by Gasteiger charge is -2.42. The van der Waals surface area contributed by atoms with Crippen molar-refractivity contribution in [2.24, 2.45) is 11.8 Å². The minimum Gasteiger partial charge on any atom is -0.459 e. The molecule has 2 aliphatic heterocycles. The van der Waals surface area contributed by atoms with Crippen LogP contribution in [0.15, 0.2) is 48.5 Å². The van der Waals surface area contributed by atoms with E-state index in [0.717, 1.165) is 36.8 Å². The van der Waals surface area contributed by atoms with Crippen LogP contribution in [0.5, 0.6) is 0 Å². The highest BCUT2D eigenvalue weighted by Crippen LogP contribution is 2.30. The van der Waals surface area contributed by atoms with Crippen LogP contribution >= 0.6 is 0 Å². The second-order valence-corrected chi connectivity index (χ2v) is 13.8. The average molecular weight is 549 g/mol. The van der Waals surface area contributed by atoms with Gasteiger partial charge in [-0.2, -0.15) is 0 Å². The van der Waals surface area contributed by atoms with Crippen LogP contribution in [0.4, 0.5) is 0 Å². The highest BCUT2D eigenvalue weighted by atomic mass is 16.5. The monoisotopic (exact) mass is 548 g/mol. The van der Waals surface area contributed by atoms with Crippen molar-refractivity contribution < 1.29 is 19.1 Å². The number of esters is 2. The first-order valence-corrected chi connectivity index (χ1v) is 14.9. The van der Waals surface area contributed by atoms with E-state index in [2.05, 4.69) is 66.0 Å². The van der Waals surface area contributed by atoms with Crippen molar-refractivity contribution in [1.29, 1.82) is 0 Å². The smallest absolute Gasteiger partial charge is 0.338 e. The molecule has 2 aliphatic rings. The maximum Gasteiger partial charge on any atom is 0.338 e. The van der Waals surface area contributed by atoms with Gasteiger partial charge in [0.05, 0.1) is 11.1 Å². The lowest BCUT2D eigenvalue weighted by atomic mass is 9.83. The third kappa shape index (κ3) is 7.73. The fourth-order valence-corrected chi connectivity index (χ4v) is 6.20. The summed E-state index contributed by atoms with van der Waals surface area (Å²) in [6.07, 6.45) is 3.04. The van der Waals surface area contributed by atoms with Crippen molar-refractivity contribution in [3.63, 3.8) is 0 Å². The predicted molar refractivity (Wildman–Crippen MR) is 160 cm³/mol. The lowest BCUT2D eigenvalue weighted by Crippen LogP contribution is -2.56. The van der Waals surface area contributed by atoms with Crippen LogP contribution in [0.1, 0.15) is 102 Å². The molecule has 0 saturated carbocycles. The van der Waals surface area contributed by atoms with Crippen molar-refractivity contribution in [2.45, 2.75) is 116 Å². The molecule has 2 heterocycles. The summed E-state index contributed by atoms with van der Waals surface area (Å²) in [5, 5.41) is 7.36. The Morgan fingerprint density at radius 2 is 0.975 bits per heavy atom. The van der Waals surface area contributed by atoms with E-state index in [-0.39, 0.29) is 35.2 Å². The fraction of sp³-hybridized carbons (Fsp3) is 0.588. The number of carbonyl (C=O) groups excluding carboxylic acids is 2. The van der Waals surface area contributed by atoms with Crippen LogP contribution in [0.25, 0.3) is 11.1 Å². The minimum absolute atomic E-state index is 0.0682. The number of hydrogen-bond acceptors (Lipinski definition) is 6. The minimum atomic E-state index is -0.282. The average Bonchev–Trinajstić information content (AvgIpc) is 2.87. The Kier molecular flexibility index (Phi) is 9.11. The Morgan fingerprint density at radius 1 is 0.650 bits per heavy atom. The number of hydrogen-bond donors (Lipinski definition) is 2. The van der Waals surface area contributed by atoms with Crippen LogP contribution in [0.3, 0.4) is 0 Å². The zero-order valence-electron chi connectivity index (χ0n) is 25.5. The molecule has 2 aromatic rings. The van der Waals surface area contributed by atoms with E-state index < -0.39 is 0 Å². The first-order valence-electron chi connectivity index (χ1n) is 14.9. The number of nitrogens with one attached hydrogen (secondary N) is 2. The lowest BCUT2D eigenvalue weighted by molar-refractivity contribution is -0.000673. The SMILES string of the molecule is CC(C)C1CC(OC(=O)c2ccc(-c3ccc(C(=O)OC4CC(C(C)C)NC(C)(C)C4)cc3)cc2)CC(C)(C)N1. The topological polar surface area (TPSA) is 76.7 Å². The van der Waals surface area contributed by atoms with E-state index in [1.807, 2.05) is 48.5 Å². The summed E-state index contributed by atoms with van der Waals surface area (Å²) >= 11 is 0. The molecule has 4 atom stereocenters. The second kappa shape index (κ2) is 12.0. The van der Waals surface area contributed by atoms with E-state index in [1.54, 1.807) is 0 Å². The Hall–Kier alpha value is -2.70. The highest BCUT2D eigenvalue weighted by molar-refractivity contribution is 5.91. The standard InChI is InChI=1S/C34H48N2O4/c1-21(2)29-17-27(19-33(5,6)35-29)39-31(37)25-13-9-23(10-14-25)24-11-15-26(16-12-24)32(38)40-28-18-30(22(3)4)36-34(7,8)20-28/h9-16,21-22,27-30,35-36H,17-20H2,1-8H3. The van der Waals surface area contributed by atoms with Gasteiger partial charge in [-0.05, 0) is 74.9 Å². The Bertz CT molecular complexity index is 1070. The van der Waals surface area contributed by atoms with E-state index in [9.17, 15) is 9.59 Å². The van der Waals surface area contributed by atoms with Gasteiger partial charge in [0, 0.05) is 48.8 Å². The molecule has 0 aliphatic carbocycles. The van der Waals surface area contributed by atoms with Crippen molar-refractivity contribution in [1.82, 2.24) is 10.6 Å². The van der Waals surface area contributed by atoms with Crippen molar-refractivity contribution in [3.8, 4) is 11.1 Å². The molecule has 6 heteroatoms. The van der Waals surface area contributed by atoms with Crippen LogP contribution in [0, 0.1) is 11.8 Å². The first-order chi connectivity index (χ1) is 18.7. The molecule has 2 fully saturated rings. The fourth-order valence-electron chi connectivity index (χ4n) is 6.20. The van der Waals surface area contributed by atoms with Crippen LogP contribution < -0.4 is 10.6 Å². The third-order valence-electron chi connectivity index (χ3n) is 8.39. The van der Waals surface area contributed by atoms with Crippen molar-refractivity contribution in [3.05, 3.63) is 59.7 Å². The molecular weight excluding hydrogens is 500 g/mol. The number of ether oxygens (including phenoxy) is 2. The van der Waals surface area contributed by atoms with Gasteiger partial charge in [0.1, 0.15) is 12.2 Å². The number of piperidine rings is 2. The zero-order valence-corrected chi connectivity index (χ0v) is 25.5. The summed E-state index contributed by atoms with van der Waals surface area (Å²) < 4.78 is 11.9. The summed E-state index contributed by atoms with van der Waals surface area (Å²) in [5.74, 6) is 0.385. The quantitative estimate of drug-likeness (QED) is 0.372. The molecule has 6 nitrogen and oxygen atoms in total.